The Morgan fingerprint density at radius 3 is 2.43 bits per heavy atom. The average Bonchev–Trinajstić information content (AvgIpc) is 1.72. The van der Waals surface area contributed by atoms with Crippen LogP contribution >= 0.6 is 11.6 Å². The SMILES string of the molecule is ON=C(CCl)NO. The number of nitrogens with one attached hydrogen (secondary N) is 1. The van der Waals surface area contributed by atoms with Gasteiger partial charge in [-0.05, 0) is 0 Å². The summed E-state index contributed by atoms with van der Waals surface area (Å²) in [6, 6.07) is 0. The van der Waals surface area contributed by atoms with Crippen molar-refractivity contribution in [3.63, 3.8) is 0 Å². The van der Waals surface area contributed by atoms with Crippen molar-refractivity contribution in [2.45, 2.75) is 0 Å². The van der Waals surface area contributed by atoms with Gasteiger partial charge in [-0.25, -0.2) is 0 Å². The Hall–Kier alpha value is -0.480. The largest absolute Gasteiger partial charge is 0.409 e. The Morgan fingerprint density at radius 1 is 1.86 bits per heavy atom. The number of hydrogen-bond donors (Lipinski definition) is 3. The molecule has 5 heteroatoms. The molecular weight excluding hydrogens is 119 g/mol. The lowest BCUT2D eigenvalue weighted by Gasteiger charge is -1.91. The number of amidine groups is 1. The number of hydrogen-bond acceptors (Lipinski definition) is 3. The molecule has 0 amide bonds. The lowest BCUT2D eigenvalue weighted by molar-refractivity contribution is 0.222. The Balaban J connectivity index is 3.38. The molecule has 0 aromatic heterocycles. The van der Waals surface area contributed by atoms with Crippen molar-refractivity contribution in [1.29, 1.82) is 0 Å². The van der Waals surface area contributed by atoms with Crippen molar-refractivity contribution in [2.24, 2.45) is 5.16 Å². The first-order valence-corrected chi connectivity index (χ1v) is 2.05. The minimum atomic E-state index is -0.0679. The minimum Gasteiger partial charge on any atom is -0.409 e. The Kier molecular flexibility index (Phi) is 3.45. The fraction of sp³-hybridized carbons (Fsp3) is 0.500. The van der Waals surface area contributed by atoms with E-state index in [0.717, 1.165) is 0 Å². The van der Waals surface area contributed by atoms with Gasteiger partial charge in [0.1, 0.15) is 0 Å². The number of oxime groups is 1. The van der Waals surface area contributed by atoms with Crippen LogP contribution in [0.5, 0.6) is 0 Å². The van der Waals surface area contributed by atoms with Crippen LogP contribution in [-0.2, 0) is 0 Å². The monoisotopic (exact) mass is 124 g/mol. The van der Waals surface area contributed by atoms with E-state index in [1.807, 2.05) is 0 Å². The van der Waals surface area contributed by atoms with Crippen LogP contribution in [0.1, 0.15) is 0 Å². The molecule has 0 atom stereocenters. The molecule has 7 heavy (non-hydrogen) atoms. The molecule has 0 spiro atoms. The molecule has 0 fully saturated rings. The van der Waals surface area contributed by atoms with Crippen molar-refractivity contribution in [2.75, 3.05) is 5.88 Å². The van der Waals surface area contributed by atoms with Gasteiger partial charge in [0.2, 0.25) is 0 Å². The number of halogens is 1. The molecule has 0 aliphatic carbocycles. The van der Waals surface area contributed by atoms with Crippen LogP contribution in [0.2, 0.25) is 0 Å². The molecule has 0 heterocycles. The number of nitrogens with zero attached hydrogens (tertiary/aromatic N) is 1. The summed E-state index contributed by atoms with van der Waals surface area (Å²) in [4.78, 5) is 0. The molecule has 0 unspecified atom stereocenters. The van der Waals surface area contributed by atoms with Crippen molar-refractivity contribution in [3.8, 4) is 0 Å². The third-order valence-electron chi connectivity index (χ3n) is 0.376. The third-order valence-corrected chi connectivity index (χ3v) is 0.629. The van der Waals surface area contributed by atoms with Gasteiger partial charge in [0.05, 0.1) is 5.88 Å². The lowest BCUT2D eigenvalue weighted by atomic mass is 10.7. The zero-order chi connectivity index (χ0) is 5.70. The average molecular weight is 125 g/mol. The summed E-state index contributed by atoms with van der Waals surface area (Å²) < 4.78 is 0. The number of alkyl halides is 1. The molecule has 0 saturated heterocycles. The van der Waals surface area contributed by atoms with E-state index < -0.39 is 0 Å². The van der Waals surface area contributed by atoms with Crippen LogP contribution in [0.15, 0.2) is 5.16 Å². The highest BCUT2D eigenvalue weighted by Crippen LogP contribution is 1.74. The van der Waals surface area contributed by atoms with Gasteiger partial charge in [0.25, 0.3) is 0 Å². The third kappa shape index (κ3) is 2.24. The molecule has 0 aromatic carbocycles. The fourth-order valence-electron chi connectivity index (χ4n) is 0.0790. The van der Waals surface area contributed by atoms with Crippen molar-refractivity contribution in [3.05, 3.63) is 0 Å². The summed E-state index contributed by atoms with van der Waals surface area (Å²) in [6.45, 7) is 0. The lowest BCUT2D eigenvalue weighted by Crippen LogP contribution is -2.19. The fourth-order valence-corrected chi connectivity index (χ4v) is 0.192. The van der Waals surface area contributed by atoms with Crippen molar-refractivity contribution >= 4 is 17.4 Å². The standard InChI is InChI=1S/C2H5ClN2O2/c3-1-2(4-6)5-7/h6-7H,1H2,(H,4,5). The summed E-state index contributed by atoms with van der Waals surface area (Å²) >= 11 is 5.05. The number of hydroxylamine groups is 1. The van der Waals surface area contributed by atoms with Gasteiger partial charge in [-0.3, -0.25) is 10.7 Å². The van der Waals surface area contributed by atoms with E-state index in [0.29, 0.717) is 0 Å². The highest BCUT2D eigenvalue weighted by atomic mass is 35.5. The Bertz CT molecular complexity index is 68.1. The molecule has 0 bridgehead atoms. The van der Waals surface area contributed by atoms with E-state index in [1.54, 1.807) is 5.48 Å². The quantitative estimate of drug-likeness (QED) is 0.152. The first-order chi connectivity index (χ1) is 3.35. The van der Waals surface area contributed by atoms with Crippen molar-refractivity contribution in [1.82, 2.24) is 5.48 Å². The molecule has 3 N–H and O–H groups in total. The smallest absolute Gasteiger partial charge is 0.180 e. The van der Waals surface area contributed by atoms with Gasteiger partial charge in [0.15, 0.2) is 5.84 Å². The molecular formula is C2H5ClN2O2. The summed E-state index contributed by atoms with van der Waals surface area (Å²) in [6.07, 6.45) is 0. The predicted octanol–water partition coefficient (Wildman–Crippen LogP) is -0.00830. The van der Waals surface area contributed by atoms with Crippen LogP contribution in [0.3, 0.4) is 0 Å². The minimum absolute atomic E-state index is 0.0347. The van der Waals surface area contributed by atoms with E-state index in [4.69, 9.17) is 22.0 Å². The maximum Gasteiger partial charge on any atom is 0.180 e. The summed E-state index contributed by atoms with van der Waals surface area (Å²) in [5.74, 6) is -0.103. The van der Waals surface area contributed by atoms with Gasteiger partial charge in [-0.1, -0.05) is 5.16 Å². The van der Waals surface area contributed by atoms with Gasteiger partial charge in [0, 0.05) is 0 Å². The van der Waals surface area contributed by atoms with E-state index in [-0.39, 0.29) is 11.7 Å². The van der Waals surface area contributed by atoms with E-state index in [9.17, 15) is 0 Å². The normalized spacial score (nSPS) is 11.4. The highest BCUT2D eigenvalue weighted by molar-refractivity contribution is 6.27. The maximum absolute atomic E-state index is 7.90. The van der Waals surface area contributed by atoms with Crippen LogP contribution in [-0.4, -0.2) is 22.1 Å². The van der Waals surface area contributed by atoms with Crippen LogP contribution in [0, 0.1) is 0 Å². The maximum atomic E-state index is 7.90. The molecule has 0 aliphatic heterocycles. The molecule has 4 nitrogen and oxygen atoms in total. The van der Waals surface area contributed by atoms with E-state index in [2.05, 4.69) is 5.16 Å². The van der Waals surface area contributed by atoms with E-state index in [1.165, 1.54) is 0 Å². The van der Waals surface area contributed by atoms with Crippen LogP contribution in [0.4, 0.5) is 0 Å². The summed E-state index contributed by atoms with van der Waals surface area (Å²) in [7, 11) is 0. The van der Waals surface area contributed by atoms with Gasteiger partial charge in [-0.15, -0.1) is 11.6 Å². The zero-order valence-corrected chi connectivity index (χ0v) is 4.18. The summed E-state index contributed by atoms with van der Waals surface area (Å²) in [5, 5.41) is 18.3. The highest BCUT2D eigenvalue weighted by Gasteiger charge is 1.88. The molecule has 0 aromatic rings. The first-order valence-electron chi connectivity index (χ1n) is 1.52. The zero-order valence-electron chi connectivity index (χ0n) is 3.43. The van der Waals surface area contributed by atoms with Gasteiger partial charge >= 0.3 is 0 Å². The second-order valence-electron chi connectivity index (χ2n) is 0.792. The van der Waals surface area contributed by atoms with Crippen LogP contribution in [0.25, 0.3) is 0 Å². The molecule has 0 rings (SSSR count). The molecule has 42 valence electrons. The van der Waals surface area contributed by atoms with Gasteiger partial charge in [-0.2, -0.15) is 0 Å². The summed E-state index contributed by atoms with van der Waals surface area (Å²) in [5.41, 5.74) is 1.57. The molecule has 0 radical (unpaired) electrons. The van der Waals surface area contributed by atoms with Crippen molar-refractivity contribution < 1.29 is 10.4 Å². The Labute approximate surface area is 45.3 Å². The van der Waals surface area contributed by atoms with E-state index >= 15 is 0 Å². The first kappa shape index (κ1) is 6.52. The topological polar surface area (TPSA) is 64.9 Å². The second-order valence-corrected chi connectivity index (χ2v) is 1.06. The predicted molar refractivity (Wildman–Crippen MR) is 24.9 cm³/mol. The molecule has 0 saturated carbocycles. The van der Waals surface area contributed by atoms with Crippen LogP contribution < -0.4 is 5.48 Å². The van der Waals surface area contributed by atoms with Gasteiger partial charge < -0.3 is 5.21 Å². The Morgan fingerprint density at radius 2 is 2.43 bits per heavy atom. The number of rotatable bonds is 1. The molecule has 0 aliphatic rings. The second kappa shape index (κ2) is 3.70.